The van der Waals surface area contributed by atoms with E-state index in [9.17, 15) is 13.2 Å². The van der Waals surface area contributed by atoms with Gasteiger partial charge in [0.25, 0.3) is 0 Å². The van der Waals surface area contributed by atoms with Crippen molar-refractivity contribution in [1.82, 2.24) is 10.2 Å². The second-order valence-corrected chi connectivity index (χ2v) is 7.40. The van der Waals surface area contributed by atoms with Crippen LogP contribution >= 0.6 is 0 Å². The van der Waals surface area contributed by atoms with Gasteiger partial charge in [-0.05, 0) is 17.8 Å². The molecule has 0 bridgehead atoms. The number of ether oxygens (including phenoxy) is 1. The molecule has 2 unspecified atom stereocenters. The minimum atomic E-state index is -4.54. The number of alkyl halides is 3. The Morgan fingerprint density at radius 2 is 1.86 bits per heavy atom. The van der Waals surface area contributed by atoms with Gasteiger partial charge in [0.05, 0.1) is 6.61 Å². The van der Waals surface area contributed by atoms with Crippen LogP contribution in [-0.4, -0.2) is 49.6 Å². The molecule has 6 heteroatoms. The molecular formula is C15H29F3N2O. The van der Waals surface area contributed by atoms with Gasteiger partial charge in [-0.1, -0.05) is 34.6 Å². The Morgan fingerprint density at radius 1 is 1.24 bits per heavy atom. The number of nitrogens with one attached hydrogen (secondary N) is 1. The summed E-state index contributed by atoms with van der Waals surface area (Å²) in [4.78, 5) is 2.15. The van der Waals surface area contributed by atoms with Gasteiger partial charge >= 0.3 is 6.36 Å². The predicted molar refractivity (Wildman–Crippen MR) is 78.1 cm³/mol. The van der Waals surface area contributed by atoms with Crippen LogP contribution in [0.1, 0.15) is 41.0 Å². The summed E-state index contributed by atoms with van der Waals surface area (Å²) in [7, 11) is 0. The van der Waals surface area contributed by atoms with Crippen LogP contribution in [0.4, 0.5) is 13.2 Å². The average Bonchev–Trinajstić information content (AvgIpc) is 2.27. The number of piperazine rings is 1. The maximum Gasteiger partial charge on any atom is 0.522 e. The largest absolute Gasteiger partial charge is 0.522 e. The van der Waals surface area contributed by atoms with E-state index in [0.29, 0.717) is 12.5 Å². The van der Waals surface area contributed by atoms with Gasteiger partial charge in [0.2, 0.25) is 0 Å². The van der Waals surface area contributed by atoms with Gasteiger partial charge in [0.1, 0.15) is 0 Å². The first-order chi connectivity index (χ1) is 9.49. The van der Waals surface area contributed by atoms with Crippen LogP contribution in [-0.2, 0) is 4.74 Å². The van der Waals surface area contributed by atoms with E-state index in [0.717, 1.165) is 19.5 Å². The van der Waals surface area contributed by atoms with Gasteiger partial charge in [-0.3, -0.25) is 9.64 Å². The molecule has 1 fully saturated rings. The summed E-state index contributed by atoms with van der Waals surface area (Å²) in [5, 5.41) is 3.55. The summed E-state index contributed by atoms with van der Waals surface area (Å²) in [6, 6.07) is 0.562. The van der Waals surface area contributed by atoms with Crippen molar-refractivity contribution >= 4 is 0 Å². The summed E-state index contributed by atoms with van der Waals surface area (Å²) >= 11 is 0. The lowest BCUT2D eigenvalue weighted by Crippen LogP contribution is -2.61. The third-order valence-electron chi connectivity index (χ3n) is 3.97. The molecular weight excluding hydrogens is 281 g/mol. The summed E-state index contributed by atoms with van der Waals surface area (Å²) < 4.78 is 40.3. The zero-order valence-electron chi connectivity index (χ0n) is 13.8. The summed E-state index contributed by atoms with van der Waals surface area (Å²) in [6.07, 6.45) is -3.55. The van der Waals surface area contributed by atoms with Crippen molar-refractivity contribution in [3.8, 4) is 0 Å². The average molecular weight is 310 g/mol. The van der Waals surface area contributed by atoms with Crippen molar-refractivity contribution in [2.24, 2.45) is 11.3 Å². The Labute approximate surface area is 126 Å². The van der Waals surface area contributed by atoms with Crippen LogP contribution in [0.3, 0.4) is 0 Å². The van der Waals surface area contributed by atoms with E-state index in [-0.39, 0.29) is 24.1 Å². The molecule has 0 amide bonds. The Bertz CT molecular complexity index is 313. The molecule has 1 heterocycles. The quantitative estimate of drug-likeness (QED) is 0.843. The molecule has 0 spiro atoms. The summed E-state index contributed by atoms with van der Waals surface area (Å²) in [5.41, 5.74) is 0.0892. The number of nitrogens with zero attached hydrogens (tertiary/aromatic N) is 1. The second-order valence-electron chi connectivity index (χ2n) is 7.40. The highest BCUT2D eigenvalue weighted by molar-refractivity contribution is 4.92. The van der Waals surface area contributed by atoms with E-state index < -0.39 is 6.36 Å². The van der Waals surface area contributed by atoms with Gasteiger partial charge < -0.3 is 5.32 Å². The number of rotatable bonds is 5. The lowest BCUT2D eigenvalue weighted by Gasteiger charge is -2.45. The highest BCUT2D eigenvalue weighted by atomic mass is 19.4. The van der Waals surface area contributed by atoms with Crippen molar-refractivity contribution in [2.75, 3.05) is 26.2 Å². The maximum absolute atomic E-state index is 12.1. The highest BCUT2D eigenvalue weighted by Crippen LogP contribution is 2.25. The van der Waals surface area contributed by atoms with Crippen LogP contribution < -0.4 is 5.32 Å². The molecule has 0 saturated carbocycles. The fourth-order valence-electron chi connectivity index (χ4n) is 2.76. The molecule has 1 aliphatic rings. The first kappa shape index (κ1) is 18.7. The minimum Gasteiger partial charge on any atom is -0.311 e. The molecule has 0 aromatic heterocycles. The SMILES string of the molecule is CC(C)CC1CNC(C(C)(C)C)CN1CCOC(F)(F)F. The third-order valence-corrected chi connectivity index (χ3v) is 3.97. The van der Waals surface area contributed by atoms with Gasteiger partial charge in [-0.25, -0.2) is 0 Å². The van der Waals surface area contributed by atoms with Crippen molar-refractivity contribution in [3.05, 3.63) is 0 Å². The molecule has 1 N–H and O–H groups in total. The molecule has 126 valence electrons. The smallest absolute Gasteiger partial charge is 0.311 e. The molecule has 1 aliphatic heterocycles. The topological polar surface area (TPSA) is 24.5 Å². The zero-order valence-corrected chi connectivity index (χ0v) is 13.8. The maximum atomic E-state index is 12.1. The minimum absolute atomic E-state index is 0.0892. The van der Waals surface area contributed by atoms with Crippen molar-refractivity contribution in [2.45, 2.75) is 59.5 Å². The molecule has 0 aliphatic carbocycles. The molecule has 1 rings (SSSR count). The first-order valence-corrected chi connectivity index (χ1v) is 7.67. The van der Waals surface area contributed by atoms with Crippen LogP contribution in [0.25, 0.3) is 0 Å². The molecule has 2 atom stereocenters. The van der Waals surface area contributed by atoms with Crippen LogP contribution in [0.5, 0.6) is 0 Å². The van der Waals surface area contributed by atoms with Crippen molar-refractivity contribution in [3.63, 3.8) is 0 Å². The molecule has 1 saturated heterocycles. The van der Waals surface area contributed by atoms with E-state index >= 15 is 0 Å². The first-order valence-electron chi connectivity index (χ1n) is 7.67. The molecule has 3 nitrogen and oxygen atoms in total. The van der Waals surface area contributed by atoms with Crippen molar-refractivity contribution < 1.29 is 17.9 Å². The summed E-state index contributed by atoms with van der Waals surface area (Å²) in [6.45, 7) is 12.3. The van der Waals surface area contributed by atoms with E-state index in [2.05, 4.69) is 49.6 Å². The van der Waals surface area contributed by atoms with Gasteiger partial charge in [0.15, 0.2) is 0 Å². The Morgan fingerprint density at radius 3 is 2.33 bits per heavy atom. The van der Waals surface area contributed by atoms with Gasteiger partial charge in [0, 0.05) is 31.7 Å². The molecule has 21 heavy (non-hydrogen) atoms. The number of halogens is 3. The fraction of sp³-hybridized carbons (Fsp3) is 1.00. The van der Waals surface area contributed by atoms with E-state index in [4.69, 9.17) is 0 Å². The van der Waals surface area contributed by atoms with E-state index in [1.54, 1.807) is 0 Å². The van der Waals surface area contributed by atoms with Gasteiger partial charge in [-0.15, -0.1) is 13.2 Å². The van der Waals surface area contributed by atoms with Crippen LogP contribution in [0.2, 0.25) is 0 Å². The monoisotopic (exact) mass is 310 g/mol. The van der Waals surface area contributed by atoms with Gasteiger partial charge in [-0.2, -0.15) is 0 Å². The van der Waals surface area contributed by atoms with E-state index in [1.807, 2.05) is 0 Å². The fourth-order valence-corrected chi connectivity index (χ4v) is 2.76. The lowest BCUT2D eigenvalue weighted by atomic mass is 9.84. The highest BCUT2D eigenvalue weighted by Gasteiger charge is 2.35. The van der Waals surface area contributed by atoms with Crippen LogP contribution in [0.15, 0.2) is 0 Å². The Balaban J connectivity index is 2.60. The molecule has 0 radical (unpaired) electrons. The number of hydrogen-bond donors (Lipinski definition) is 1. The normalized spacial score (nSPS) is 25.6. The predicted octanol–water partition coefficient (Wildman–Crippen LogP) is 3.26. The summed E-state index contributed by atoms with van der Waals surface area (Å²) in [5.74, 6) is 0.522. The van der Waals surface area contributed by atoms with Crippen molar-refractivity contribution in [1.29, 1.82) is 0 Å². The zero-order chi connectivity index (χ0) is 16.3. The standard InChI is InChI=1S/C15H29F3N2O/c1-11(2)8-12-9-19-13(14(3,4)5)10-20(12)6-7-21-15(16,17)18/h11-13,19H,6-10H2,1-5H3. The Kier molecular flexibility index (Phi) is 6.50. The Hall–Kier alpha value is -0.330. The van der Waals surface area contributed by atoms with E-state index in [1.165, 1.54) is 0 Å². The lowest BCUT2D eigenvalue weighted by molar-refractivity contribution is -0.325. The molecule has 0 aromatic carbocycles. The second kappa shape index (κ2) is 7.29. The molecule has 0 aromatic rings. The third kappa shape index (κ3) is 6.98. The number of hydrogen-bond acceptors (Lipinski definition) is 3. The van der Waals surface area contributed by atoms with Crippen LogP contribution in [0, 0.1) is 11.3 Å².